The van der Waals surface area contributed by atoms with Crippen molar-refractivity contribution in [2.24, 2.45) is 0 Å². The van der Waals surface area contributed by atoms with Gasteiger partial charge in [0, 0.05) is 42.8 Å². The van der Waals surface area contributed by atoms with Gasteiger partial charge in [0.1, 0.15) is 0 Å². The summed E-state index contributed by atoms with van der Waals surface area (Å²) in [4.78, 5) is 13.6. The second-order valence-corrected chi connectivity index (χ2v) is 10.8. The predicted octanol–water partition coefficient (Wildman–Crippen LogP) is 2.41. The number of carbonyl (C=O) groups is 1. The van der Waals surface area contributed by atoms with Crippen LogP contribution in [0.4, 0.5) is 0 Å². The van der Waals surface area contributed by atoms with Crippen LogP contribution in [0.15, 0.2) is 24.3 Å². The van der Waals surface area contributed by atoms with Crippen LogP contribution < -0.4 is 5.32 Å². The summed E-state index contributed by atoms with van der Waals surface area (Å²) in [6, 6.07) is 8.04. The molecule has 158 valence electrons. The third kappa shape index (κ3) is 4.06. The summed E-state index contributed by atoms with van der Waals surface area (Å²) in [5.41, 5.74) is 0.989. The third-order valence-electron chi connectivity index (χ3n) is 5.44. The minimum atomic E-state index is -3.50. The summed E-state index contributed by atoms with van der Waals surface area (Å²) in [7, 11) is -3.50. The number of hydrogen-bond acceptors (Lipinski definition) is 5. The zero-order chi connectivity index (χ0) is 20.6. The molecular formula is C20H27N3O4S2. The molecular weight excluding hydrogens is 410 g/mol. The van der Waals surface area contributed by atoms with Gasteiger partial charge in [0.25, 0.3) is 16.1 Å². The van der Waals surface area contributed by atoms with Gasteiger partial charge in [0.05, 0.1) is 18.1 Å². The highest BCUT2D eigenvalue weighted by Crippen LogP contribution is 2.41. The highest BCUT2D eigenvalue weighted by atomic mass is 32.2. The zero-order valence-electron chi connectivity index (χ0n) is 16.8. The van der Waals surface area contributed by atoms with E-state index in [4.69, 9.17) is 4.74 Å². The van der Waals surface area contributed by atoms with E-state index in [0.29, 0.717) is 50.7 Å². The van der Waals surface area contributed by atoms with Crippen LogP contribution in [-0.4, -0.2) is 68.4 Å². The van der Waals surface area contributed by atoms with Crippen LogP contribution in [0.2, 0.25) is 0 Å². The maximum atomic E-state index is 13.1. The lowest BCUT2D eigenvalue weighted by atomic mass is 9.95. The zero-order valence-corrected chi connectivity index (χ0v) is 18.4. The van der Waals surface area contributed by atoms with Gasteiger partial charge in [-0.05, 0) is 37.3 Å². The van der Waals surface area contributed by atoms with Crippen LogP contribution in [0.25, 0.3) is 10.1 Å². The van der Waals surface area contributed by atoms with Gasteiger partial charge in [-0.25, -0.2) is 0 Å². The van der Waals surface area contributed by atoms with Crippen molar-refractivity contribution >= 4 is 37.5 Å². The van der Waals surface area contributed by atoms with Gasteiger partial charge >= 0.3 is 0 Å². The fraction of sp³-hybridized carbons (Fsp3) is 0.550. The molecule has 0 saturated carbocycles. The molecule has 1 aromatic heterocycles. The minimum Gasteiger partial charge on any atom is -0.379 e. The van der Waals surface area contributed by atoms with Gasteiger partial charge < -0.3 is 10.1 Å². The van der Waals surface area contributed by atoms with Crippen molar-refractivity contribution in [1.82, 2.24) is 13.9 Å². The number of thiophene rings is 1. The molecule has 9 heteroatoms. The summed E-state index contributed by atoms with van der Waals surface area (Å²) >= 11 is 1.49. The minimum absolute atomic E-state index is 0.00915. The van der Waals surface area contributed by atoms with E-state index in [9.17, 15) is 13.2 Å². The Morgan fingerprint density at radius 3 is 2.62 bits per heavy atom. The SMILES string of the molecule is CC(C)NC(=O)c1sc2ccccc2c1C1CCN(S(=O)(=O)N2CCOCC2)C1. The van der Waals surface area contributed by atoms with Crippen molar-refractivity contribution in [1.29, 1.82) is 0 Å². The van der Waals surface area contributed by atoms with E-state index in [-0.39, 0.29) is 17.9 Å². The number of nitrogens with zero attached hydrogens (tertiary/aromatic N) is 2. The van der Waals surface area contributed by atoms with Gasteiger partial charge in [-0.15, -0.1) is 11.3 Å². The Labute approximate surface area is 175 Å². The number of amides is 1. The van der Waals surface area contributed by atoms with Crippen LogP contribution in [0.3, 0.4) is 0 Å². The monoisotopic (exact) mass is 437 g/mol. The smallest absolute Gasteiger partial charge is 0.282 e. The normalized spacial score (nSPS) is 21.8. The van der Waals surface area contributed by atoms with Gasteiger partial charge in [0.15, 0.2) is 0 Å². The number of ether oxygens (including phenoxy) is 1. The summed E-state index contributed by atoms with van der Waals surface area (Å²) < 4.78 is 35.5. The Balaban J connectivity index is 1.64. The molecule has 4 rings (SSSR count). The molecule has 7 nitrogen and oxygen atoms in total. The van der Waals surface area contributed by atoms with Crippen molar-refractivity contribution < 1.29 is 17.9 Å². The standard InChI is InChI=1S/C20H27N3O4S2/c1-14(2)21-20(24)19-18(16-5-3-4-6-17(16)28-19)15-7-8-23(13-15)29(25,26)22-9-11-27-12-10-22/h3-6,14-15H,7-13H2,1-2H3,(H,21,24). The van der Waals surface area contributed by atoms with Gasteiger partial charge in [0.2, 0.25) is 0 Å². The molecule has 2 aromatic rings. The van der Waals surface area contributed by atoms with Crippen LogP contribution >= 0.6 is 11.3 Å². The summed E-state index contributed by atoms with van der Waals surface area (Å²) in [5.74, 6) is -0.0689. The van der Waals surface area contributed by atoms with E-state index in [1.165, 1.54) is 15.6 Å². The quantitative estimate of drug-likeness (QED) is 0.779. The lowest BCUT2D eigenvalue weighted by molar-refractivity contribution is 0.0705. The lowest BCUT2D eigenvalue weighted by Crippen LogP contribution is -2.47. The summed E-state index contributed by atoms with van der Waals surface area (Å²) in [6.07, 6.45) is 0.715. The molecule has 1 unspecified atom stereocenters. The molecule has 2 aliphatic heterocycles. The van der Waals surface area contributed by atoms with E-state index in [1.54, 1.807) is 4.31 Å². The molecule has 1 amide bonds. The number of fused-ring (bicyclic) bond motifs is 1. The second-order valence-electron chi connectivity index (χ2n) is 7.83. The number of rotatable bonds is 5. The molecule has 1 atom stereocenters. The molecule has 0 radical (unpaired) electrons. The molecule has 1 N–H and O–H groups in total. The largest absolute Gasteiger partial charge is 0.379 e. The molecule has 2 aliphatic rings. The molecule has 2 saturated heterocycles. The van der Waals surface area contributed by atoms with E-state index < -0.39 is 10.2 Å². The van der Waals surface area contributed by atoms with E-state index in [0.717, 1.165) is 15.6 Å². The fourth-order valence-electron chi connectivity index (χ4n) is 4.08. The molecule has 3 heterocycles. The topological polar surface area (TPSA) is 79.0 Å². The number of nitrogens with one attached hydrogen (secondary N) is 1. The number of hydrogen-bond donors (Lipinski definition) is 1. The molecule has 0 aliphatic carbocycles. The fourth-order valence-corrected chi connectivity index (χ4v) is 6.92. The average molecular weight is 438 g/mol. The van der Waals surface area contributed by atoms with Gasteiger partial charge in [-0.1, -0.05) is 18.2 Å². The highest BCUT2D eigenvalue weighted by Gasteiger charge is 2.38. The first-order valence-electron chi connectivity index (χ1n) is 10.0. The van der Waals surface area contributed by atoms with Gasteiger partial charge in [-0.2, -0.15) is 17.0 Å². The Bertz CT molecular complexity index is 996. The van der Waals surface area contributed by atoms with Crippen molar-refractivity contribution in [3.05, 3.63) is 34.7 Å². The predicted molar refractivity (Wildman–Crippen MR) is 115 cm³/mol. The Morgan fingerprint density at radius 2 is 1.90 bits per heavy atom. The second kappa shape index (κ2) is 8.31. The Kier molecular flexibility index (Phi) is 5.94. The van der Waals surface area contributed by atoms with Crippen LogP contribution in [0.5, 0.6) is 0 Å². The first kappa shape index (κ1) is 20.7. The maximum absolute atomic E-state index is 13.1. The molecule has 1 aromatic carbocycles. The van der Waals surface area contributed by atoms with E-state index in [2.05, 4.69) is 5.32 Å². The lowest BCUT2D eigenvalue weighted by Gasteiger charge is -2.30. The van der Waals surface area contributed by atoms with Crippen LogP contribution in [0, 0.1) is 0 Å². The maximum Gasteiger partial charge on any atom is 0.282 e. The first-order chi connectivity index (χ1) is 13.9. The van der Waals surface area contributed by atoms with Crippen molar-refractivity contribution in [2.75, 3.05) is 39.4 Å². The Morgan fingerprint density at radius 1 is 1.17 bits per heavy atom. The van der Waals surface area contributed by atoms with E-state index in [1.807, 2.05) is 38.1 Å². The van der Waals surface area contributed by atoms with Crippen molar-refractivity contribution in [3.8, 4) is 0 Å². The summed E-state index contributed by atoms with van der Waals surface area (Å²) in [5, 5.41) is 4.05. The third-order valence-corrected chi connectivity index (χ3v) is 8.63. The molecule has 0 bridgehead atoms. The van der Waals surface area contributed by atoms with Crippen LogP contribution in [0.1, 0.15) is 41.4 Å². The van der Waals surface area contributed by atoms with Crippen LogP contribution in [-0.2, 0) is 14.9 Å². The molecule has 0 spiro atoms. The number of benzene rings is 1. The summed E-state index contributed by atoms with van der Waals surface area (Å²) in [6.45, 7) is 6.42. The molecule has 2 fully saturated rings. The van der Waals surface area contributed by atoms with Crippen molar-refractivity contribution in [3.63, 3.8) is 0 Å². The van der Waals surface area contributed by atoms with Crippen molar-refractivity contribution in [2.45, 2.75) is 32.2 Å². The van der Waals surface area contributed by atoms with Gasteiger partial charge in [-0.3, -0.25) is 4.79 Å². The average Bonchev–Trinajstić information content (AvgIpc) is 3.33. The molecule has 29 heavy (non-hydrogen) atoms. The highest BCUT2D eigenvalue weighted by molar-refractivity contribution is 7.86. The number of carbonyl (C=O) groups excluding carboxylic acids is 1. The number of morpholine rings is 1. The van der Waals surface area contributed by atoms with E-state index >= 15 is 0 Å². The first-order valence-corrected chi connectivity index (χ1v) is 12.2. The Hall–Kier alpha value is -1.52.